The molecule has 0 aromatic rings. The number of aliphatic hydroxyl groups excluding tert-OH is 2. The minimum Gasteiger partial charge on any atom is -0.395 e. The minimum absolute atomic E-state index is 0.0228. The van der Waals surface area contributed by atoms with Gasteiger partial charge in [0.15, 0.2) is 0 Å². The number of allylic oxidation sites excluding steroid dienone is 4. The summed E-state index contributed by atoms with van der Waals surface area (Å²) in [4.78, 5) is 11.3. The standard InChI is InChI=1S/C19H32O3S/c1-5-15(10-17-11-18(22)19(12-20)23-17)8-7-13(3)16(6-2)9-14(4)21/h7-8,15,17-20,22H,5-6,9-12H2,1-4H3/b8-7-,16-13-/t15?,17-,18?,19+/m0/s1. The molecule has 4 atom stereocenters. The second kappa shape index (κ2) is 10.3. The minimum atomic E-state index is -0.375. The van der Waals surface area contributed by atoms with Crippen molar-refractivity contribution in [3.8, 4) is 0 Å². The maximum Gasteiger partial charge on any atom is 0.133 e. The van der Waals surface area contributed by atoms with Gasteiger partial charge in [0.05, 0.1) is 18.0 Å². The summed E-state index contributed by atoms with van der Waals surface area (Å²) in [6, 6.07) is 0. The van der Waals surface area contributed by atoms with E-state index in [0.29, 0.717) is 17.6 Å². The van der Waals surface area contributed by atoms with Crippen LogP contribution in [-0.4, -0.2) is 39.2 Å². The van der Waals surface area contributed by atoms with Gasteiger partial charge in [-0.05, 0) is 45.4 Å². The van der Waals surface area contributed by atoms with Crippen LogP contribution in [0.3, 0.4) is 0 Å². The molecular weight excluding hydrogens is 308 g/mol. The number of thioether (sulfide) groups is 1. The van der Waals surface area contributed by atoms with Crippen LogP contribution < -0.4 is 0 Å². The normalized spacial score (nSPS) is 27.3. The van der Waals surface area contributed by atoms with Crippen molar-refractivity contribution in [3.63, 3.8) is 0 Å². The quantitative estimate of drug-likeness (QED) is 0.625. The van der Waals surface area contributed by atoms with Crippen molar-refractivity contribution in [2.75, 3.05) is 6.61 Å². The van der Waals surface area contributed by atoms with E-state index in [-0.39, 0.29) is 23.7 Å². The molecule has 1 fully saturated rings. The molecule has 0 amide bonds. The molecule has 0 spiro atoms. The predicted molar refractivity (Wildman–Crippen MR) is 98.7 cm³/mol. The van der Waals surface area contributed by atoms with Crippen molar-refractivity contribution in [1.29, 1.82) is 0 Å². The number of ketones is 1. The van der Waals surface area contributed by atoms with Crippen molar-refractivity contribution in [2.45, 2.75) is 76.4 Å². The smallest absolute Gasteiger partial charge is 0.133 e. The fraction of sp³-hybridized carbons (Fsp3) is 0.737. The fourth-order valence-electron chi connectivity index (χ4n) is 3.09. The zero-order valence-corrected chi connectivity index (χ0v) is 15.7. The largest absolute Gasteiger partial charge is 0.395 e. The monoisotopic (exact) mass is 340 g/mol. The molecular formula is C19H32O3S. The first-order valence-electron chi connectivity index (χ1n) is 8.71. The SMILES string of the molecule is CC/C(CC(C)=O)=C(C)/C=C\C(CC)C[C@H]1CC(O)[C@@H](CO)S1. The number of hydrogen-bond acceptors (Lipinski definition) is 4. The Morgan fingerprint density at radius 1 is 1.35 bits per heavy atom. The molecule has 1 rings (SSSR count). The number of hydrogen-bond donors (Lipinski definition) is 2. The lowest BCUT2D eigenvalue weighted by Crippen LogP contribution is -2.20. The maximum atomic E-state index is 11.3. The van der Waals surface area contributed by atoms with Crippen LogP contribution in [-0.2, 0) is 4.79 Å². The summed E-state index contributed by atoms with van der Waals surface area (Å²) in [5, 5.41) is 19.6. The Kier molecular flexibility index (Phi) is 9.18. The van der Waals surface area contributed by atoms with Crippen LogP contribution >= 0.6 is 11.8 Å². The second-order valence-corrected chi connectivity index (χ2v) is 8.11. The van der Waals surface area contributed by atoms with E-state index in [1.54, 1.807) is 18.7 Å². The van der Waals surface area contributed by atoms with Crippen molar-refractivity contribution in [3.05, 3.63) is 23.3 Å². The highest BCUT2D eigenvalue weighted by Gasteiger charge is 2.33. The Morgan fingerprint density at radius 3 is 2.52 bits per heavy atom. The van der Waals surface area contributed by atoms with E-state index in [1.807, 2.05) is 0 Å². The maximum absolute atomic E-state index is 11.3. The van der Waals surface area contributed by atoms with Crippen LogP contribution in [0.25, 0.3) is 0 Å². The Bertz CT molecular complexity index is 442. The second-order valence-electron chi connectivity index (χ2n) is 6.56. The van der Waals surface area contributed by atoms with Gasteiger partial charge in [-0.25, -0.2) is 0 Å². The number of Topliss-reactive ketones (excluding diaryl/α,β-unsaturated/α-hetero) is 1. The van der Waals surface area contributed by atoms with Crippen molar-refractivity contribution >= 4 is 17.5 Å². The first-order valence-corrected chi connectivity index (χ1v) is 9.66. The summed E-state index contributed by atoms with van der Waals surface area (Å²) >= 11 is 1.73. The topological polar surface area (TPSA) is 57.5 Å². The lowest BCUT2D eigenvalue weighted by molar-refractivity contribution is -0.116. The van der Waals surface area contributed by atoms with Gasteiger partial charge in [0, 0.05) is 11.7 Å². The van der Waals surface area contributed by atoms with E-state index in [0.717, 1.165) is 25.7 Å². The van der Waals surface area contributed by atoms with Gasteiger partial charge >= 0.3 is 0 Å². The van der Waals surface area contributed by atoms with Crippen LogP contribution in [0, 0.1) is 5.92 Å². The molecule has 0 bridgehead atoms. The molecule has 1 aliphatic rings. The van der Waals surface area contributed by atoms with E-state index in [1.165, 1.54) is 11.1 Å². The molecule has 1 saturated heterocycles. The average molecular weight is 341 g/mol. The summed E-state index contributed by atoms with van der Waals surface area (Å²) in [6.45, 7) is 8.06. The lowest BCUT2D eigenvalue weighted by Gasteiger charge is -2.16. The van der Waals surface area contributed by atoms with E-state index in [2.05, 4.69) is 32.9 Å². The first-order chi connectivity index (χ1) is 10.9. The molecule has 0 saturated carbocycles. The van der Waals surface area contributed by atoms with Gasteiger partial charge in [0.25, 0.3) is 0 Å². The van der Waals surface area contributed by atoms with Crippen molar-refractivity contribution in [2.24, 2.45) is 5.92 Å². The zero-order chi connectivity index (χ0) is 17.4. The Morgan fingerprint density at radius 2 is 2.04 bits per heavy atom. The highest BCUT2D eigenvalue weighted by molar-refractivity contribution is 8.00. The molecule has 132 valence electrons. The van der Waals surface area contributed by atoms with Crippen LogP contribution in [0.2, 0.25) is 0 Å². The average Bonchev–Trinajstić information content (AvgIpc) is 2.88. The number of carbonyl (C=O) groups is 1. The summed E-state index contributed by atoms with van der Waals surface area (Å²) in [7, 11) is 0. The van der Waals surface area contributed by atoms with Gasteiger partial charge in [0.1, 0.15) is 5.78 Å². The van der Waals surface area contributed by atoms with Gasteiger partial charge in [-0.2, -0.15) is 0 Å². The molecule has 0 aromatic carbocycles. The molecule has 4 heteroatoms. The molecule has 0 radical (unpaired) electrons. The highest BCUT2D eigenvalue weighted by atomic mass is 32.2. The van der Waals surface area contributed by atoms with Gasteiger partial charge in [-0.15, -0.1) is 11.8 Å². The lowest BCUT2D eigenvalue weighted by atomic mass is 9.95. The Balaban J connectivity index is 2.65. The van der Waals surface area contributed by atoms with E-state index < -0.39 is 0 Å². The zero-order valence-electron chi connectivity index (χ0n) is 14.9. The van der Waals surface area contributed by atoms with E-state index in [4.69, 9.17) is 0 Å². The van der Waals surface area contributed by atoms with Gasteiger partial charge < -0.3 is 10.2 Å². The molecule has 0 aromatic heterocycles. The fourth-order valence-corrected chi connectivity index (χ4v) is 4.63. The van der Waals surface area contributed by atoms with E-state index in [9.17, 15) is 15.0 Å². The Hall–Kier alpha value is -0.580. The highest BCUT2D eigenvalue weighted by Crippen LogP contribution is 2.38. The van der Waals surface area contributed by atoms with Gasteiger partial charge in [-0.3, -0.25) is 4.79 Å². The molecule has 2 N–H and O–H groups in total. The van der Waals surface area contributed by atoms with Gasteiger partial charge in [-0.1, -0.05) is 37.1 Å². The van der Waals surface area contributed by atoms with Crippen molar-refractivity contribution in [1.82, 2.24) is 0 Å². The summed E-state index contributed by atoms with van der Waals surface area (Å²) in [5.74, 6) is 0.690. The number of aliphatic hydroxyl groups is 2. The Labute approximate surface area is 145 Å². The van der Waals surface area contributed by atoms with Gasteiger partial charge in [0.2, 0.25) is 0 Å². The molecule has 1 aliphatic heterocycles. The van der Waals surface area contributed by atoms with E-state index >= 15 is 0 Å². The molecule has 0 aliphatic carbocycles. The van der Waals surface area contributed by atoms with Crippen LogP contribution in [0.5, 0.6) is 0 Å². The molecule has 23 heavy (non-hydrogen) atoms. The van der Waals surface area contributed by atoms with Crippen LogP contribution in [0.4, 0.5) is 0 Å². The van der Waals surface area contributed by atoms with Crippen LogP contribution in [0.1, 0.15) is 59.8 Å². The predicted octanol–water partition coefficient (Wildman–Crippen LogP) is 3.89. The molecule has 2 unspecified atom stereocenters. The first kappa shape index (κ1) is 20.5. The molecule has 3 nitrogen and oxygen atoms in total. The third-order valence-electron chi connectivity index (χ3n) is 4.64. The number of carbonyl (C=O) groups excluding carboxylic acids is 1. The molecule has 1 heterocycles. The van der Waals surface area contributed by atoms with Crippen molar-refractivity contribution < 1.29 is 15.0 Å². The summed E-state index contributed by atoms with van der Waals surface area (Å²) < 4.78 is 0. The summed E-state index contributed by atoms with van der Waals surface area (Å²) in [5.41, 5.74) is 2.42. The third kappa shape index (κ3) is 6.82. The number of rotatable bonds is 9. The van der Waals surface area contributed by atoms with Crippen LogP contribution in [0.15, 0.2) is 23.3 Å². The third-order valence-corrected chi connectivity index (χ3v) is 6.22. The summed E-state index contributed by atoms with van der Waals surface area (Å²) in [6.07, 6.45) is 8.38.